The number of anilines is 2. The second-order valence-electron chi connectivity index (χ2n) is 7.83. The molecule has 0 saturated heterocycles. The zero-order chi connectivity index (χ0) is 23.0. The molecule has 8 heteroatoms. The number of nitrogen functional groups attached to an aromatic ring is 1. The van der Waals surface area contributed by atoms with Crippen molar-refractivity contribution in [3.63, 3.8) is 0 Å². The van der Waals surface area contributed by atoms with Crippen LogP contribution < -0.4 is 21.9 Å². The Kier molecular flexibility index (Phi) is 9.37. The quantitative estimate of drug-likeness (QED) is 0.506. The maximum atomic E-state index is 13.2. The van der Waals surface area contributed by atoms with Crippen LogP contribution in [0.5, 0.6) is 0 Å². The number of H-pyrrole nitrogens is 1. The highest BCUT2D eigenvalue weighted by Crippen LogP contribution is 2.21. The van der Waals surface area contributed by atoms with Crippen LogP contribution in [0.1, 0.15) is 63.5 Å². The van der Waals surface area contributed by atoms with E-state index in [1.807, 2.05) is 32.0 Å². The molecule has 2 aromatic rings. The van der Waals surface area contributed by atoms with Crippen LogP contribution >= 0.6 is 11.6 Å². The fourth-order valence-electron chi connectivity index (χ4n) is 3.44. The number of nitrogens with zero attached hydrogens (tertiary/aromatic N) is 2. The summed E-state index contributed by atoms with van der Waals surface area (Å²) in [4.78, 5) is 41.9. The number of nitrogens with one attached hydrogen (secondary N) is 1. The monoisotopic (exact) mass is 448 g/mol. The van der Waals surface area contributed by atoms with Crippen LogP contribution in [0.4, 0.5) is 11.5 Å². The highest BCUT2D eigenvalue weighted by atomic mass is 35.5. The van der Waals surface area contributed by atoms with Crippen molar-refractivity contribution in [2.24, 2.45) is 0 Å². The predicted octanol–water partition coefficient (Wildman–Crippen LogP) is 4.04. The summed E-state index contributed by atoms with van der Waals surface area (Å²) in [6.45, 7) is 6.77. The molecular formula is C23H33ClN4O3. The zero-order valence-corrected chi connectivity index (χ0v) is 19.4. The lowest BCUT2D eigenvalue weighted by Gasteiger charge is -2.24. The molecule has 0 aliphatic carbocycles. The minimum Gasteiger partial charge on any atom is -0.383 e. The van der Waals surface area contributed by atoms with Crippen LogP contribution in [-0.4, -0.2) is 22.0 Å². The van der Waals surface area contributed by atoms with Crippen LogP contribution in [0.25, 0.3) is 0 Å². The summed E-state index contributed by atoms with van der Waals surface area (Å²) in [6.07, 6.45) is 4.96. The van der Waals surface area contributed by atoms with E-state index in [0.717, 1.165) is 43.2 Å². The lowest BCUT2D eigenvalue weighted by atomic mass is 10.1. The lowest BCUT2D eigenvalue weighted by molar-refractivity contribution is -0.118. The molecule has 31 heavy (non-hydrogen) atoms. The van der Waals surface area contributed by atoms with E-state index in [0.29, 0.717) is 24.5 Å². The van der Waals surface area contributed by atoms with Crippen LogP contribution in [0, 0.1) is 6.92 Å². The van der Waals surface area contributed by atoms with E-state index in [4.69, 9.17) is 17.3 Å². The largest absolute Gasteiger partial charge is 0.383 e. The summed E-state index contributed by atoms with van der Waals surface area (Å²) in [5.41, 5.74) is 7.07. The number of aromatic amines is 1. The molecule has 170 valence electrons. The van der Waals surface area contributed by atoms with E-state index in [1.165, 1.54) is 9.47 Å². The van der Waals surface area contributed by atoms with Gasteiger partial charge in [0, 0.05) is 24.5 Å². The number of amides is 1. The van der Waals surface area contributed by atoms with E-state index >= 15 is 0 Å². The van der Waals surface area contributed by atoms with Gasteiger partial charge in [-0.15, -0.1) is 0 Å². The van der Waals surface area contributed by atoms with E-state index in [1.54, 1.807) is 0 Å². The molecule has 0 aliphatic rings. The van der Waals surface area contributed by atoms with E-state index in [2.05, 4.69) is 11.9 Å². The average molecular weight is 449 g/mol. The maximum absolute atomic E-state index is 13.2. The number of carbonyl (C=O) groups is 1. The first kappa shape index (κ1) is 24.7. The number of carbonyl (C=O) groups excluding carboxylic acids is 1. The number of aromatic nitrogens is 2. The normalized spacial score (nSPS) is 11.0. The Labute approximate surface area is 188 Å². The van der Waals surface area contributed by atoms with Gasteiger partial charge in [-0.05, 0) is 43.4 Å². The topological polar surface area (TPSA) is 101 Å². The van der Waals surface area contributed by atoms with Crippen molar-refractivity contribution in [1.82, 2.24) is 9.55 Å². The minimum atomic E-state index is -0.626. The minimum absolute atomic E-state index is 0.0467. The van der Waals surface area contributed by atoms with Crippen molar-refractivity contribution < 1.29 is 4.79 Å². The average Bonchev–Trinajstić information content (AvgIpc) is 2.73. The molecule has 1 aromatic carbocycles. The standard InChI is InChI=1S/C23H33ClN4O3/c1-4-6-8-14-27(19(29)12-11-17-10-9-16(3)18(24)15-17)20-21(25)28(13-7-5-2)23(31)26-22(20)30/h9-10,15H,4-8,11-14,25H2,1-3H3,(H,26,30,31). The van der Waals surface area contributed by atoms with Gasteiger partial charge in [0.1, 0.15) is 5.82 Å². The number of nitrogens with two attached hydrogens (primary N) is 1. The number of halogens is 1. The molecule has 0 radical (unpaired) electrons. The highest BCUT2D eigenvalue weighted by molar-refractivity contribution is 6.31. The van der Waals surface area contributed by atoms with E-state index in [9.17, 15) is 14.4 Å². The van der Waals surface area contributed by atoms with Gasteiger partial charge in [0.15, 0.2) is 5.69 Å². The molecule has 0 fully saturated rings. The molecule has 0 unspecified atom stereocenters. The second-order valence-corrected chi connectivity index (χ2v) is 8.24. The molecule has 2 rings (SSSR count). The molecule has 1 amide bonds. The Balaban J connectivity index is 2.34. The second kappa shape index (κ2) is 11.7. The van der Waals surface area contributed by atoms with Crippen molar-refractivity contribution >= 4 is 29.0 Å². The Morgan fingerprint density at radius 3 is 2.52 bits per heavy atom. The summed E-state index contributed by atoms with van der Waals surface area (Å²) in [5, 5.41) is 0.661. The van der Waals surface area contributed by atoms with E-state index < -0.39 is 11.2 Å². The molecule has 0 saturated carbocycles. The molecule has 7 nitrogen and oxygen atoms in total. The van der Waals surface area contributed by atoms with Crippen molar-refractivity contribution in [2.45, 2.75) is 72.3 Å². The number of unbranched alkanes of at least 4 members (excludes halogenated alkanes) is 3. The van der Waals surface area contributed by atoms with Crippen LogP contribution in [-0.2, 0) is 17.8 Å². The number of rotatable bonds is 11. The number of hydrogen-bond acceptors (Lipinski definition) is 4. The number of benzene rings is 1. The first-order valence-corrected chi connectivity index (χ1v) is 11.4. The van der Waals surface area contributed by atoms with Crippen molar-refractivity contribution in [2.75, 3.05) is 17.2 Å². The maximum Gasteiger partial charge on any atom is 0.330 e. The summed E-state index contributed by atoms with van der Waals surface area (Å²) in [5.74, 6) is -0.156. The highest BCUT2D eigenvalue weighted by Gasteiger charge is 2.23. The molecule has 1 aromatic heterocycles. The van der Waals surface area contributed by atoms with Gasteiger partial charge in [-0.25, -0.2) is 4.79 Å². The predicted molar refractivity (Wildman–Crippen MR) is 127 cm³/mol. The van der Waals surface area contributed by atoms with Crippen LogP contribution in [0.3, 0.4) is 0 Å². The van der Waals surface area contributed by atoms with Gasteiger partial charge >= 0.3 is 5.69 Å². The molecule has 0 bridgehead atoms. The summed E-state index contributed by atoms with van der Waals surface area (Å²) < 4.78 is 1.35. The third kappa shape index (κ3) is 6.47. The van der Waals surface area contributed by atoms with Crippen molar-refractivity contribution in [1.29, 1.82) is 0 Å². The van der Waals surface area contributed by atoms with Gasteiger partial charge in [-0.1, -0.05) is 56.8 Å². The zero-order valence-electron chi connectivity index (χ0n) is 18.7. The van der Waals surface area contributed by atoms with Gasteiger partial charge in [0.25, 0.3) is 5.56 Å². The first-order chi connectivity index (χ1) is 14.8. The van der Waals surface area contributed by atoms with Crippen LogP contribution in [0.2, 0.25) is 5.02 Å². The fraction of sp³-hybridized carbons (Fsp3) is 0.522. The molecular weight excluding hydrogens is 416 g/mol. The third-order valence-corrected chi connectivity index (χ3v) is 5.78. The Morgan fingerprint density at radius 2 is 1.87 bits per heavy atom. The third-order valence-electron chi connectivity index (χ3n) is 5.37. The molecule has 0 atom stereocenters. The SMILES string of the molecule is CCCCCN(C(=O)CCc1ccc(C)c(Cl)c1)c1c(N)n(CCCC)c(=O)[nH]c1=O. The molecule has 0 aliphatic heterocycles. The molecule has 0 spiro atoms. The lowest BCUT2D eigenvalue weighted by Crippen LogP contribution is -2.41. The summed E-state index contributed by atoms with van der Waals surface area (Å²) >= 11 is 6.20. The summed E-state index contributed by atoms with van der Waals surface area (Å²) in [6, 6.07) is 5.73. The van der Waals surface area contributed by atoms with Gasteiger partial charge in [-0.3, -0.25) is 19.1 Å². The van der Waals surface area contributed by atoms with Crippen LogP contribution in [0.15, 0.2) is 27.8 Å². The van der Waals surface area contributed by atoms with Gasteiger partial charge in [0.05, 0.1) is 0 Å². The first-order valence-electron chi connectivity index (χ1n) is 11.0. The van der Waals surface area contributed by atoms with Crippen molar-refractivity contribution in [3.05, 3.63) is 55.2 Å². The number of hydrogen-bond donors (Lipinski definition) is 2. The van der Waals surface area contributed by atoms with Gasteiger partial charge < -0.3 is 10.6 Å². The fourth-order valence-corrected chi connectivity index (χ4v) is 3.64. The summed E-state index contributed by atoms with van der Waals surface area (Å²) in [7, 11) is 0. The molecule has 3 N–H and O–H groups in total. The Morgan fingerprint density at radius 1 is 1.16 bits per heavy atom. The Bertz CT molecular complexity index is 1010. The van der Waals surface area contributed by atoms with Gasteiger partial charge in [-0.2, -0.15) is 0 Å². The van der Waals surface area contributed by atoms with Crippen molar-refractivity contribution in [3.8, 4) is 0 Å². The number of aryl methyl sites for hydroxylation is 2. The van der Waals surface area contributed by atoms with E-state index in [-0.39, 0.29) is 23.8 Å². The van der Waals surface area contributed by atoms with Gasteiger partial charge in [0.2, 0.25) is 5.91 Å². The smallest absolute Gasteiger partial charge is 0.330 e. The molecule has 1 heterocycles. The Hall–Kier alpha value is -2.54.